The Morgan fingerprint density at radius 2 is 1.59 bits per heavy atom. The van der Waals surface area contributed by atoms with E-state index in [1.165, 1.54) is 22.3 Å². The van der Waals surface area contributed by atoms with Crippen molar-refractivity contribution < 1.29 is 4.84 Å². The van der Waals surface area contributed by atoms with E-state index in [0.29, 0.717) is 18.0 Å². The molecule has 3 aromatic carbocycles. The molecule has 0 aromatic heterocycles. The molecule has 0 amide bonds. The predicted molar refractivity (Wildman–Crippen MR) is 117 cm³/mol. The van der Waals surface area contributed by atoms with E-state index in [1.54, 1.807) is 0 Å². The van der Waals surface area contributed by atoms with Crippen LogP contribution in [-0.4, -0.2) is 36.2 Å². The van der Waals surface area contributed by atoms with Gasteiger partial charge in [-0.15, -0.1) is 0 Å². The lowest BCUT2D eigenvalue weighted by Crippen LogP contribution is -2.46. The molecule has 3 nitrogen and oxygen atoms in total. The van der Waals surface area contributed by atoms with Gasteiger partial charge in [-0.05, 0) is 34.7 Å². The van der Waals surface area contributed by atoms with Crippen LogP contribution in [0.3, 0.4) is 0 Å². The maximum absolute atomic E-state index is 5.88. The quantitative estimate of drug-likeness (QED) is 0.618. The molecular weight excluding hydrogens is 356 g/mol. The van der Waals surface area contributed by atoms with Crippen molar-refractivity contribution in [3.05, 3.63) is 96.1 Å². The number of likely N-dealkylation sites (tertiary alicyclic amines) is 1. The van der Waals surface area contributed by atoms with Crippen molar-refractivity contribution in [3.63, 3.8) is 0 Å². The van der Waals surface area contributed by atoms with Crippen LogP contribution in [0, 0.1) is 5.92 Å². The molecule has 0 unspecified atom stereocenters. The summed E-state index contributed by atoms with van der Waals surface area (Å²) in [5.74, 6) is 0.581. The second kappa shape index (κ2) is 8.11. The van der Waals surface area contributed by atoms with Crippen molar-refractivity contribution in [2.24, 2.45) is 5.92 Å². The fraction of sp³-hybridized carbons (Fsp3) is 0.308. The highest BCUT2D eigenvalue weighted by atomic mass is 16.7. The van der Waals surface area contributed by atoms with Gasteiger partial charge in [0, 0.05) is 38.1 Å². The standard InChI is InChI=1S/C26H28N2O/c1-27-25-16-26(23-14-8-13-22(15-23)21-11-6-3-7-12-21)28(18-24(25)19-29-27)17-20-9-4-2-5-10-20/h2-15,24-26H,16-19H2,1H3/t24-,25-,26-/m0/s1. The second-order valence-electron chi connectivity index (χ2n) is 8.33. The second-order valence-corrected chi connectivity index (χ2v) is 8.33. The summed E-state index contributed by atoms with van der Waals surface area (Å²) < 4.78 is 0. The Balaban J connectivity index is 1.47. The highest BCUT2D eigenvalue weighted by Gasteiger charge is 2.42. The summed E-state index contributed by atoms with van der Waals surface area (Å²) in [5, 5.41) is 2.10. The minimum absolute atomic E-state index is 0.393. The summed E-state index contributed by atoms with van der Waals surface area (Å²) in [4.78, 5) is 8.54. The first-order chi connectivity index (χ1) is 14.3. The SMILES string of the molecule is CN1OC[C@@H]2CN(Cc3ccccc3)[C@H](c3cccc(-c4ccccc4)c3)C[C@@H]21. The van der Waals surface area contributed by atoms with Gasteiger partial charge in [0.15, 0.2) is 0 Å². The van der Waals surface area contributed by atoms with Crippen LogP contribution in [0.2, 0.25) is 0 Å². The molecule has 0 radical (unpaired) electrons. The molecule has 3 aromatic rings. The van der Waals surface area contributed by atoms with E-state index >= 15 is 0 Å². The summed E-state index contributed by atoms with van der Waals surface area (Å²) in [7, 11) is 2.09. The Hall–Kier alpha value is -2.46. The van der Waals surface area contributed by atoms with Gasteiger partial charge >= 0.3 is 0 Å². The topological polar surface area (TPSA) is 15.7 Å². The van der Waals surface area contributed by atoms with Crippen LogP contribution < -0.4 is 0 Å². The van der Waals surface area contributed by atoms with Crippen LogP contribution in [-0.2, 0) is 11.4 Å². The van der Waals surface area contributed by atoms with Crippen LogP contribution in [0.1, 0.15) is 23.6 Å². The zero-order valence-electron chi connectivity index (χ0n) is 16.9. The lowest BCUT2D eigenvalue weighted by molar-refractivity contribution is -0.114. The Morgan fingerprint density at radius 3 is 2.38 bits per heavy atom. The molecule has 2 fully saturated rings. The number of nitrogens with zero attached hydrogens (tertiary/aromatic N) is 2. The number of benzene rings is 3. The van der Waals surface area contributed by atoms with Gasteiger partial charge in [-0.1, -0.05) is 78.9 Å². The van der Waals surface area contributed by atoms with Crippen LogP contribution in [0.5, 0.6) is 0 Å². The molecule has 0 spiro atoms. The first-order valence-electron chi connectivity index (χ1n) is 10.6. The molecule has 0 N–H and O–H groups in total. The van der Waals surface area contributed by atoms with E-state index in [1.807, 2.05) is 0 Å². The van der Waals surface area contributed by atoms with Gasteiger partial charge in [-0.2, -0.15) is 5.06 Å². The van der Waals surface area contributed by atoms with Gasteiger partial charge in [0.25, 0.3) is 0 Å². The van der Waals surface area contributed by atoms with E-state index in [0.717, 1.165) is 26.1 Å². The van der Waals surface area contributed by atoms with Gasteiger partial charge in [-0.3, -0.25) is 9.74 Å². The van der Waals surface area contributed by atoms with E-state index < -0.39 is 0 Å². The highest BCUT2D eigenvalue weighted by molar-refractivity contribution is 5.64. The third-order valence-corrected chi connectivity index (χ3v) is 6.48. The van der Waals surface area contributed by atoms with E-state index in [4.69, 9.17) is 4.84 Å². The number of piperidine rings is 1. The minimum Gasteiger partial charge on any atom is -0.299 e. The van der Waals surface area contributed by atoms with E-state index in [-0.39, 0.29) is 0 Å². The largest absolute Gasteiger partial charge is 0.299 e. The molecule has 0 bridgehead atoms. The van der Waals surface area contributed by atoms with Crippen molar-refractivity contribution >= 4 is 0 Å². The molecule has 2 aliphatic heterocycles. The molecule has 2 saturated heterocycles. The van der Waals surface area contributed by atoms with Crippen molar-refractivity contribution in [1.82, 2.24) is 9.96 Å². The lowest BCUT2D eigenvalue weighted by atomic mass is 9.84. The summed E-state index contributed by atoms with van der Waals surface area (Å²) in [6.45, 7) is 2.89. The molecular formula is C26H28N2O. The average molecular weight is 385 g/mol. The zero-order chi connectivity index (χ0) is 19.6. The highest BCUT2D eigenvalue weighted by Crippen LogP contribution is 2.40. The number of rotatable bonds is 4. The summed E-state index contributed by atoms with van der Waals surface area (Å²) >= 11 is 0. The fourth-order valence-electron chi connectivity index (χ4n) is 4.93. The van der Waals surface area contributed by atoms with Crippen molar-refractivity contribution in [1.29, 1.82) is 0 Å². The summed E-state index contributed by atoms with van der Waals surface area (Å²) in [6, 6.07) is 31.5. The van der Waals surface area contributed by atoms with Gasteiger partial charge in [-0.25, -0.2) is 0 Å². The van der Waals surface area contributed by atoms with Gasteiger partial charge in [0.05, 0.1) is 6.61 Å². The zero-order valence-corrected chi connectivity index (χ0v) is 16.9. The number of hydrogen-bond acceptors (Lipinski definition) is 3. The van der Waals surface area contributed by atoms with Gasteiger partial charge in [0.2, 0.25) is 0 Å². The third kappa shape index (κ3) is 3.86. The number of hydrogen-bond donors (Lipinski definition) is 0. The molecule has 0 saturated carbocycles. The van der Waals surface area contributed by atoms with Crippen molar-refractivity contribution in [2.45, 2.75) is 25.0 Å². The number of fused-ring (bicyclic) bond motifs is 1. The van der Waals surface area contributed by atoms with Crippen molar-refractivity contribution in [3.8, 4) is 11.1 Å². The summed E-state index contributed by atoms with van der Waals surface area (Å²) in [5.41, 5.74) is 5.35. The first-order valence-corrected chi connectivity index (χ1v) is 10.6. The minimum atomic E-state index is 0.393. The number of hydroxylamine groups is 2. The van der Waals surface area contributed by atoms with Crippen LogP contribution >= 0.6 is 0 Å². The smallest absolute Gasteiger partial charge is 0.0741 e. The van der Waals surface area contributed by atoms with Crippen molar-refractivity contribution in [2.75, 3.05) is 20.2 Å². The normalized spacial score (nSPS) is 25.1. The molecule has 2 heterocycles. The average Bonchev–Trinajstić information content (AvgIpc) is 3.14. The van der Waals surface area contributed by atoms with Crippen LogP contribution in [0.15, 0.2) is 84.9 Å². The van der Waals surface area contributed by atoms with E-state index in [2.05, 4.69) is 102 Å². The Morgan fingerprint density at radius 1 is 0.862 bits per heavy atom. The lowest BCUT2D eigenvalue weighted by Gasteiger charge is -2.42. The van der Waals surface area contributed by atoms with E-state index in [9.17, 15) is 0 Å². The van der Waals surface area contributed by atoms with Gasteiger partial charge in [0.1, 0.15) is 0 Å². The molecule has 148 valence electrons. The molecule has 2 aliphatic rings. The van der Waals surface area contributed by atoms with Crippen LogP contribution in [0.25, 0.3) is 11.1 Å². The Kier molecular flexibility index (Phi) is 5.19. The molecule has 5 rings (SSSR count). The third-order valence-electron chi connectivity index (χ3n) is 6.48. The van der Waals surface area contributed by atoms with Gasteiger partial charge < -0.3 is 0 Å². The first kappa shape index (κ1) is 18.6. The monoisotopic (exact) mass is 384 g/mol. The maximum atomic E-state index is 5.88. The summed E-state index contributed by atoms with van der Waals surface area (Å²) in [6.07, 6.45) is 1.10. The Labute approximate surface area is 173 Å². The Bertz CT molecular complexity index is 943. The predicted octanol–water partition coefficient (Wildman–Crippen LogP) is 5.16. The fourth-order valence-corrected chi connectivity index (χ4v) is 4.93. The molecule has 3 heteroatoms. The molecule has 3 atom stereocenters. The maximum Gasteiger partial charge on any atom is 0.0741 e. The molecule has 0 aliphatic carbocycles. The van der Waals surface area contributed by atoms with Crippen LogP contribution in [0.4, 0.5) is 0 Å². The molecule has 29 heavy (non-hydrogen) atoms.